The highest BCUT2D eigenvalue weighted by Gasteiger charge is 2.56. The highest BCUT2D eigenvalue weighted by molar-refractivity contribution is 4.96. The van der Waals surface area contributed by atoms with Gasteiger partial charge in [0.2, 0.25) is 0 Å². The number of rotatable bonds is 3. The van der Waals surface area contributed by atoms with Crippen LogP contribution in [0.1, 0.15) is 13.8 Å². The summed E-state index contributed by atoms with van der Waals surface area (Å²) in [4.78, 5) is 0. The van der Waals surface area contributed by atoms with Crippen LogP contribution in [-0.2, 0) is 18.9 Å². The normalized spacial score (nSPS) is 43.3. The first-order chi connectivity index (χ1) is 7.48. The molecule has 16 heavy (non-hydrogen) atoms. The quantitative estimate of drug-likeness (QED) is 0.668. The third-order valence-corrected chi connectivity index (χ3v) is 2.87. The average molecular weight is 234 g/mol. The summed E-state index contributed by atoms with van der Waals surface area (Å²) in [5.41, 5.74) is 0. The molecule has 5 atom stereocenters. The van der Waals surface area contributed by atoms with E-state index in [9.17, 15) is 5.11 Å². The van der Waals surface area contributed by atoms with E-state index in [1.54, 1.807) is 13.8 Å². The van der Waals surface area contributed by atoms with Crippen molar-refractivity contribution in [3.8, 4) is 0 Å². The van der Waals surface area contributed by atoms with Crippen LogP contribution in [0.5, 0.6) is 0 Å². The fraction of sp³-hybridized carbons (Fsp3) is 1.00. The fourth-order valence-electron chi connectivity index (χ4n) is 2.19. The van der Waals surface area contributed by atoms with E-state index in [1.807, 2.05) is 0 Å². The highest BCUT2D eigenvalue weighted by Crippen LogP contribution is 2.39. The van der Waals surface area contributed by atoms with Gasteiger partial charge < -0.3 is 29.2 Å². The molecule has 0 amide bonds. The summed E-state index contributed by atoms with van der Waals surface area (Å²) in [5.74, 6) is -0.707. The van der Waals surface area contributed by atoms with Gasteiger partial charge in [0.25, 0.3) is 0 Å². The van der Waals surface area contributed by atoms with E-state index in [0.717, 1.165) is 0 Å². The second kappa shape index (κ2) is 4.21. The van der Waals surface area contributed by atoms with E-state index in [1.165, 1.54) is 7.11 Å². The van der Waals surface area contributed by atoms with Gasteiger partial charge in [0.05, 0.1) is 6.61 Å². The molecule has 2 saturated heterocycles. The highest BCUT2D eigenvalue weighted by atomic mass is 16.8. The van der Waals surface area contributed by atoms with E-state index < -0.39 is 30.4 Å². The summed E-state index contributed by atoms with van der Waals surface area (Å²) in [5, 5.41) is 18.5. The van der Waals surface area contributed by atoms with E-state index in [-0.39, 0.29) is 12.7 Å². The van der Waals surface area contributed by atoms with Crippen LogP contribution in [0.4, 0.5) is 0 Å². The molecule has 0 radical (unpaired) electrons. The molecule has 3 unspecified atom stereocenters. The lowest BCUT2D eigenvalue weighted by Crippen LogP contribution is -2.43. The number of hydrogen-bond donors (Lipinski definition) is 2. The van der Waals surface area contributed by atoms with Gasteiger partial charge in [-0.25, -0.2) is 0 Å². The molecule has 2 rings (SSSR count). The Balaban J connectivity index is 2.09. The first-order valence-electron chi connectivity index (χ1n) is 5.31. The molecule has 0 spiro atoms. The lowest BCUT2D eigenvalue weighted by atomic mass is 10.1. The monoisotopic (exact) mass is 234 g/mol. The molecule has 2 N–H and O–H groups in total. The standard InChI is InChI=1S/C10H18O6/c1-10(2)15-8-7(13-3)6(5(12)4-11)14-9(8)16-10/h5-9,11-12H,4H2,1-3H3/t5?,6-,7?,8?,9-/m1/s1. The average Bonchev–Trinajstić information content (AvgIpc) is 2.68. The van der Waals surface area contributed by atoms with Crippen LogP contribution in [0, 0.1) is 0 Å². The molecule has 2 heterocycles. The molecule has 0 aromatic rings. The van der Waals surface area contributed by atoms with Crippen molar-refractivity contribution in [1.82, 2.24) is 0 Å². The van der Waals surface area contributed by atoms with Crippen LogP contribution in [0.15, 0.2) is 0 Å². The number of methoxy groups -OCH3 is 1. The lowest BCUT2D eigenvalue weighted by molar-refractivity contribution is -0.229. The Bertz CT molecular complexity index is 256. The van der Waals surface area contributed by atoms with Crippen molar-refractivity contribution in [3.63, 3.8) is 0 Å². The Hall–Kier alpha value is -0.240. The maximum atomic E-state index is 9.58. The van der Waals surface area contributed by atoms with Gasteiger partial charge in [-0.2, -0.15) is 0 Å². The molecule has 6 nitrogen and oxygen atoms in total. The summed E-state index contributed by atoms with van der Waals surface area (Å²) in [6.45, 7) is 3.20. The summed E-state index contributed by atoms with van der Waals surface area (Å²) in [6, 6.07) is 0. The zero-order valence-corrected chi connectivity index (χ0v) is 9.62. The molecule has 2 aliphatic heterocycles. The van der Waals surface area contributed by atoms with Crippen molar-refractivity contribution < 1.29 is 29.2 Å². The second-order valence-corrected chi connectivity index (χ2v) is 4.52. The van der Waals surface area contributed by atoms with Crippen molar-refractivity contribution in [2.45, 2.75) is 50.3 Å². The van der Waals surface area contributed by atoms with Gasteiger partial charge in [-0.05, 0) is 13.8 Å². The van der Waals surface area contributed by atoms with Crippen molar-refractivity contribution in [2.75, 3.05) is 13.7 Å². The van der Waals surface area contributed by atoms with Gasteiger partial charge in [0, 0.05) is 7.11 Å². The van der Waals surface area contributed by atoms with Crippen molar-refractivity contribution in [2.24, 2.45) is 0 Å². The molecule has 0 aromatic carbocycles. The molecule has 0 saturated carbocycles. The van der Waals surface area contributed by atoms with E-state index >= 15 is 0 Å². The first-order valence-corrected chi connectivity index (χ1v) is 5.31. The van der Waals surface area contributed by atoms with Gasteiger partial charge in [-0.15, -0.1) is 0 Å². The van der Waals surface area contributed by atoms with Crippen molar-refractivity contribution in [1.29, 1.82) is 0 Å². The van der Waals surface area contributed by atoms with Crippen LogP contribution < -0.4 is 0 Å². The lowest BCUT2D eigenvalue weighted by Gasteiger charge is -2.26. The summed E-state index contributed by atoms with van der Waals surface area (Å²) in [6.07, 6.45) is -2.97. The maximum absolute atomic E-state index is 9.58. The third-order valence-electron chi connectivity index (χ3n) is 2.87. The van der Waals surface area contributed by atoms with Gasteiger partial charge in [0.1, 0.15) is 24.4 Å². The summed E-state index contributed by atoms with van der Waals surface area (Å²) < 4.78 is 21.9. The molecule has 94 valence electrons. The fourth-order valence-corrected chi connectivity index (χ4v) is 2.19. The number of fused-ring (bicyclic) bond motifs is 1. The molecule has 0 aliphatic carbocycles. The van der Waals surface area contributed by atoms with Gasteiger partial charge >= 0.3 is 0 Å². The van der Waals surface area contributed by atoms with Gasteiger partial charge in [-0.1, -0.05) is 0 Å². The van der Waals surface area contributed by atoms with Crippen LogP contribution >= 0.6 is 0 Å². The minimum Gasteiger partial charge on any atom is -0.394 e. The number of aliphatic hydroxyl groups excluding tert-OH is 2. The second-order valence-electron chi connectivity index (χ2n) is 4.52. The Morgan fingerprint density at radius 2 is 2.06 bits per heavy atom. The molecule has 2 fully saturated rings. The SMILES string of the molecule is COC1C2OC(C)(C)O[C@H]2O[C@@H]1C(O)CO. The Kier molecular flexibility index (Phi) is 3.22. The van der Waals surface area contributed by atoms with Gasteiger partial charge in [-0.3, -0.25) is 0 Å². The predicted octanol–water partition coefficient (Wildman–Crippen LogP) is -0.769. The van der Waals surface area contributed by atoms with Crippen LogP contribution in [0.3, 0.4) is 0 Å². The molecule has 6 heteroatoms. The van der Waals surface area contributed by atoms with E-state index in [4.69, 9.17) is 24.1 Å². The molecule has 0 aromatic heterocycles. The number of ether oxygens (including phenoxy) is 4. The molecule has 0 bridgehead atoms. The molecular formula is C10H18O6. The third kappa shape index (κ3) is 1.97. The van der Waals surface area contributed by atoms with Crippen molar-refractivity contribution in [3.05, 3.63) is 0 Å². The zero-order chi connectivity index (χ0) is 11.9. The summed E-state index contributed by atoms with van der Waals surface area (Å²) >= 11 is 0. The molecule has 2 aliphatic rings. The summed E-state index contributed by atoms with van der Waals surface area (Å²) in [7, 11) is 1.52. The number of hydrogen-bond acceptors (Lipinski definition) is 6. The van der Waals surface area contributed by atoms with Crippen LogP contribution in [0.2, 0.25) is 0 Å². The van der Waals surface area contributed by atoms with Crippen LogP contribution in [-0.4, -0.2) is 60.4 Å². The smallest absolute Gasteiger partial charge is 0.190 e. The topological polar surface area (TPSA) is 77.4 Å². The maximum Gasteiger partial charge on any atom is 0.190 e. The Morgan fingerprint density at radius 3 is 2.62 bits per heavy atom. The van der Waals surface area contributed by atoms with Crippen LogP contribution in [0.25, 0.3) is 0 Å². The first kappa shape index (κ1) is 12.2. The largest absolute Gasteiger partial charge is 0.394 e. The zero-order valence-electron chi connectivity index (χ0n) is 9.62. The van der Waals surface area contributed by atoms with Gasteiger partial charge in [0.15, 0.2) is 12.1 Å². The Labute approximate surface area is 94.1 Å². The Morgan fingerprint density at radius 1 is 1.38 bits per heavy atom. The van der Waals surface area contributed by atoms with E-state index in [0.29, 0.717) is 0 Å². The van der Waals surface area contributed by atoms with Crippen molar-refractivity contribution >= 4 is 0 Å². The minimum atomic E-state index is -0.995. The minimum absolute atomic E-state index is 0.369. The predicted molar refractivity (Wildman–Crippen MR) is 52.6 cm³/mol. The molecular weight excluding hydrogens is 216 g/mol. The van der Waals surface area contributed by atoms with E-state index in [2.05, 4.69) is 0 Å². The number of aliphatic hydroxyl groups is 2.